The molecule has 0 bridgehead atoms. The first-order valence-corrected chi connectivity index (χ1v) is 10.4. The summed E-state index contributed by atoms with van der Waals surface area (Å²) < 4.78 is 5.13. The quantitative estimate of drug-likeness (QED) is 0.706. The molecule has 2 aliphatic rings. The van der Waals surface area contributed by atoms with Crippen molar-refractivity contribution < 1.29 is 14.3 Å². The number of likely N-dealkylation sites (tertiary alicyclic amines) is 1. The van der Waals surface area contributed by atoms with Crippen LogP contribution in [-0.2, 0) is 22.6 Å². The fourth-order valence-electron chi connectivity index (χ4n) is 4.47. The van der Waals surface area contributed by atoms with E-state index in [0.717, 1.165) is 36.7 Å². The van der Waals surface area contributed by atoms with Crippen molar-refractivity contribution in [3.05, 3.63) is 53.6 Å². The van der Waals surface area contributed by atoms with Crippen LogP contribution in [-0.4, -0.2) is 75.5 Å². The Balaban J connectivity index is 1.53. The first-order chi connectivity index (χ1) is 14.5. The van der Waals surface area contributed by atoms with E-state index in [2.05, 4.69) is 14.9 Å². The van der Waals surface area contributed by atoms with Crippen molar-refractivity contribution in [2.24, 2.45) is 0 Å². The summed E-state index contributed by atoms with van der Waals surface area (Å²) in [7, 11) is 1.58. The number of aromatic nitrogens is 2. The van der Waals surface area contributed by atoms with Gasteiger partial charge in [-0.3, -0.25) is 14.6 Å². The van der Waals surface area contributed by atoms with Crippen LogP contribution >= 0.6 is 0 Å². The Morgan fingerprint density at radius 1 is 1.13 bits per heavy atom. The Morgan fingerprint density at radius 2 is 1.87 bits per heavy atom. The number of H-pyrrole nitrogens is 1. The van der Waals surface area contributed by atoms with E-state index in [4.69, 9.17) is 4.74 Å². The van der Waals surface area contributed by atoms with E-state index >= 15 is 0 Å². The molecule has 2 aliphatic heterocycles. The summed E-state index contributed by atoms with van der Waals surface area (Å²) in [5.41, 5.74) is 1.29. The Bertz CT molecular complexity index is 889. The number of rotatable bonds is 7. The summed E-state index contributed by atoms with van der Waals surface area (Å²) in [6, 6.07) is 9.66. The molecule has 0 aliphatic carbocycles. The van der Waals surface area contributed by atoms with Gasteiger partial charge >= 0.3 is 6.03 Å². The van der Waals surface area contributed by atoms with Gasteiger partial charge in [-0.05, 0) is 25.3 Å². The summed E-state index contributed by atoms with van der Waals surface area (Å²) >= 11 is 0. The van der Waals surface area contributed by atoms with E-state index in [0.29, 0.717) is 26.0 Å². The highest BCUT2D eigenvalue weighted by Gasteiger charge is 2.57. The third-order valence-electron chi connectivity index (χ3n) is 6.14. The van der Waals surface area contributed by atoms with Gasteiger partial charge < -0.3 is 14.6 Å². The van der Waals surface area contributed by atoms with Crippen molar-refractivity contribution in [1.82, 2.24) is 24.7 Å². The number of piperidine rings is 1. The second-order valence-corrected chi connectivity index (χ2v) is 8.12. The molecule has 30 heavy (non-hydrogen) atoms. The number of carbonyl (C=O) groups excluding carboxylic acids is 2. The number of methoxy groups -OCH3 is 1. The molecule has 1 spiro atoms. The number of carbonyl (C=O) groups is 2. The van der Waals surface area contributed by atoms with E-state index in [9.17, 15) is 9.59 Å². The largest absolute Gasteiger partial charge is 0.383 e. The number of hydrogen-bond acceptors (Lipinski definition) is 5. The highest BCUT2D eigenvalue weighted by Crippen LogP contribution is 2.38. The SMILES string of the molecule is COCCN1C(=O)N(Cc2ccccc2)C2(CCN(Cc3ncc(C)[nH]3)CC2)C1=O. The fraction of sp³-hybridized carbons (Fsp3) is 0.500. The van der Waals surface area contributed by atoms with Crippen molar-refractivity contribution in [3.8, 4) is 0 Å². The van der Waals surface area contributed by atoms with Crippen molar-refractivity contribution >= 4 is 11.9 Å². The lowest BCUT2D eigenvalue weighted by Gasteiger charge is -2.42. The molecule has 0 radical (unpaired) electrons. The van der Waals surface area contributed by atoms with Crippen LogP contribution in [0, 0.1) is 6.92 Å². The van der Waals surface area contributed by atoms with Crippen molar-refractivity contribution in [2.45, 2.75) is 38.4 Å². The molecule has 2 fully saturated rings. The van der Waals surface area contributed by atoms with Gasteiger partial charge in [-0.15, -0.1) is 0 Å². The van der Waals surface area contributed by atoms with Gasteiger partial charge in [-0.1, -0.05) is 30.3 Å². The molecule has 3 amide bonds. The topological polar surface area (TPSA) is 81.8 Å². The molecule has 160 valence electrons. The van der Waals surface area contributed by atoms with Crippen LogP contribution in [0.4, 0.5) is 4.79 Å². The van der Waals surface area contributed by atoms with Crippen LogP contribution in [0.15, 0.2) is 36.5 Å². The Kier molecular flexibility index (Phi) is 5.87. The molecule has 0 unspecified atom stereocenters. The number of imide groups is 1. The molecule has 1 aromatic carbocycles. The molecule has 3 heterocycles. The van der Waals surface area contributed by atoms with E-state index < -0.39 is 5.54 Å². The van der Waals surface area contributed by atoms with Crippen LogP contribution < -0.4 is 0 Å². The molecule has 2 saturated heterocycles. The summed E-state index contributed by atoms with van der Waals surface area (Å²) in [6.45, 7) is 5.25. The summed E-state index contributed by atoms with van der Waals surface area (Å²) in [6.07, 6.45) is 3.07. The zero-order valence-electron chi connectivity index (χ0n) is 17.6. The fourth-order valence-corrected chi connectivity index (χ4v) is 4.47. The van der Waals surface area contributed by atoms with Crippen LogP contribution in [0.1, 0.15) is 29.9 Å². The minimum absolute atomic E-state index is 0.0889. The highest BCUT2D eigenvalue weighted by atomic mass is 16.5. The third kappa shape index (κ3) is 3.85. The molecule has 1 aromatic heterocycles. The minimum atomic E-state index is -0.782. The number of amides is 3. The van der Waals surface area contributed by atoms with Crippen LogP contribution in [0.2, 0.25) is 0 Å². The Labute approximate surface area is 176 Å². The van der Waals surface area contributed by atoms with Crippen LogP contribution in [0.5, 0.6) is 0 Å². The van der Waals surface area contributed by atoms with Gasteiger partial charge in [0.2, 0.25) is 0 Å². The Morgan fingerprint density at radius 3 is 2.50 bits per heavy atom. The summed E-state index contributed by atoms with van der Waals surface area (Å²) in [5, 5.41) is 0. The Hall–Kier alpha value is -2.71. The first kappa shape index (κ1) is 20.6. The zero-order chi connectivity index (χ0) is 21.1. The molecule has 8 nitrogen and oxygen atoms in total. The number of nitrogens with zero attached hydrogens (tertiary/aromatic N) is 4. The van der Waals surface area contributed by atoms with Crippen molar-refractivity contribution in [3.63, 3.8) is 0 Å². The number of benzene rings is 1. The van der Waals surface area contributed by atoms with E-state index in [1.165, 1.54) is 4.90 Å². The van der Waals surface area contributed by atoms with Gasteiger partial charge in [0.25, 0.3) is 5.91 Å². The molecule has 0 saturated carbocycles. The second kappa shape index (κ2) is 8.57. The molecule has 4 rings (SSSR count). The van der Waals surface area contributed by atoms with E-state index in [1.807, 2.05) is 43.5 Å². The number of nitrogens with one attached hydrogen (secondary N) is 1. The number of aromatic amines is 1. The van der Waals surface area contributed by atoms with Crippen molar-refractivity contribution in [2.75, 3.05) is 33.4 Å². The lowest BCUT2D eigenvalue weighted by molar-refractivity contribution is -0.136. The predicted molar refractivity (Wildman–Crippen MR) is 112 cm³/mol. The summed E-state index contributed by atoms with van der Waals surface area (Å²) in [5.74, 6) is 0.842. The number of imidazole rings is 1. The van der Waals surface area contributed by atoms with Gasteiger partial charge in [-0.25, -0.2) is 9.78 Å². The summed E-state index contributed by atoms with van der Waals surface area (Å²) in [4.78, 5) is 39.8. The predicted octanol–water partition coefficient (Wildman–Crippen LogP) is 2.16. The van der Waals surface area contributed by atoms with Crippen molar-refractivity contribution in [1.29, 1.82) is 0 Å². The maximum absolute atomic E-state index is 13.4. The van der Waals surface area contributed by atoms with Gasteiger partial charge in [0.05, 0.1) is 19.7 Å². The van der Waals surface area contributed by atoms with Gasteiger partial charge in [-0.2, -0.15) is 0 Å². The maximum atomic E-state index is 13.4. The van der Waals surface area contributed by atoms with Crippen LogP contribution in [0.3, 0.4) is 0 Å². The average molecular weight is 412 g/mol. The highest BCUT2D eigenvalue weighted by molar-refractivity contribution is 6.07. The monoisotopic (exact) mass is 411 g/mol. The lowest BCUT2D eigenvalue weighted by Crippen LogP contribution is -2.56. The van der Waals surface area contributed by atoms with Crippen LogP contribution in [0.25, 0.3) is 0 Å². The zero-order valence-corrected chi connectivity index (χ0v) is 17.6. The minimum Gasteiger partial charge on any atom is -0.383 e. The normalized spacial score (nSPS) is 19.3. The number of hydrogen-bond donors (Lipinski definition) is 1. The third-order valence-corrected chi connectivity index (χ3v) is 6.14. The first-order valence-electron chi connectivity index (χ1n) is 10.4. The molecule has 1 N–H and O–H groups in total. The van der Waals surface area contributed by atoms with E-state index in [1.54, 1.807) is 12.0 Å². The van der Waals surface area contributed by atoms with Gasteiger partial charge in [0, 0.05) is 38.6 Å². The maximum Gasteiger partial charge on any atom is 0.328 e. The number of aryl methyl sites for hydroxylation is 1. The standard InChI is InChI=1S/C22H29N5O3/c1-17-14-23-19(24-17)16-25-10-8-22(9-11-25)20(28)26(12-13-30-2)21(29)27(22)15-18-6-4-3-5-7-18/h3-7,14H,8-13,15-16H2,1-2H3,(H,23,24). The molecular formula is C22H29N5O3. The van der Waals surface area contributed by atoms with Gasteiger partial charge in [0.1, 0.15) is 11.4 Å². The van der Waals surface area contributed by atoms with Gasteiger partial charge in [0.15, 0.2) is 0 Å². The number of urea groups is 1. The average Bonchev–Trinajstić information content (AvgIpc) is 3.24. The molecule has 0 atom stereocenters. The smallest absolute Gasteiger partial charge is 0.328 e. The second-order valence-electron chi connectivity index (χ2n) is 8.12. The van der Waals surface area contributed by atoms with E-state index in [-0.39, 0.29) is 18.5 Å². The molecule has 2 aromatic rings. The lowest BCUT2D eigenvalue weighted by atomic mass is 9.85. The molecular weight excluding hydrogens is 382 g/mol. The molecule has 8 heteroatoms. The number of ether oxygens (including phenoxy) is 1.